The first-order chi connectivity index (χ1) is 10.1. The summed E-state index contributed by atoms with van der Waals surface area (Å²) in [5.74, 6) is -1.47. The van der Waals surface area contributed by atoms with Crippen molar-refractivity contribution in [3.63, 3.8) is 0 Å². The Morgan fingerprint density at radius 2 is 1.86 bits per heavy atom. The summed E-state index contributed by atoms with van der Waals surface area (Å²) in [6, 6.07) is 5.27. The van der Waals surface area contributed by atoms with Crippen LogP contribution < -0.4 is 10.6 Å². The number of halogens is 1. The van der Waals surface area contributed by atoms with E-state index in [9.17, 15) is 14.0 Å². The van der Waals surface area contributed by atoms with Crippen LogP contribution in [-0.2, 0) is 9.59 Å². The van der Waals surface area contributed by atoms with Crippen LogP contribution in [0.2, 0.25) is 0 Å². The second-order valence-corrected chi connectivity index (χ2v) is 4.87. The van der Waals surface area contributed by atoms with Gasteiger partial charge in [0.2, 0.25) is 0 Å². The fraction of sp³-hybridized carbons (Fsp3) is 0.125. The summed E-state index contributed by atoms with van der Waals surface area (Å²) >= 11 is 0. The molecule has 5 heteroatoms. The van der Waals surface area contributed by atoms with E-state index in [1.807, 2.05) is 12.2 Å². The quantitative estimate of drug-likeness (QED) is 0.816. The smallest absolute Gasteiger partial charge is 0.260 e. The van der Waals surface area contributed by atoms with E-state index in [1.54, 1.807) is 12.2 Å². The van der Waals surface area contributed by atoms with E-state index < -0.39 is 5.91 Å². The molecular weight excluding hydrogens is 271 g/mol. The number of amides is 1. The van der Waals surface area contributed by atoms with Crippen LogP contribution >= 0.6 is 0 Å². The topological polar surface area (TPSA) is 58.2 Å². The number of hydrogen-bond acceptors (Lipinski definition) is 3. The largest absolute Gasteiger partial charge is 0.383 e. The summed E-state index contributed by atoms with van der Waals surface area (Å²) in [5, 5.41) is 5.62. The van der Waals surface area contributed by atoms with Crippen molar-refractivity contribution < 1.29 is 14.0 Å². The lowest BCUT2D eigenvalue weighted by Crippen LogP contribution is -2.43. The van der Waals surface area contributed by atoms with E-state index in [0.29, 0.717) is 5.69 Å². The number of rotatable bonds is 2. The number of fused-ring (bicyclic) bond motifs is 1. The van der Waals surface area contributed by atoms with E-state index in [-0.39, 0.29) is 29.1 Å². The van der Waals surface area contributed by atoms with E-state index in [2.05, 4.69) is 10.6 Å². The number of ketones is 1. The molecule has 0 saturated carbocycles. The predicted molar refractivity (Wildman–Crippen MR) is 76.8 cm³/mol. The van der Waals surface area contributed by atoms with Gasteiger partial charge in [0, 0.05) is 11.9 Å². The number of nitrogens with one attached hydrogen (secondary N) is 2. The molecule has 1 amide bonds. The maximum atomic E-state index is 12.8. The molecular formula is C16H13FN2O2. The number of Topliss-reactive ketones (excluding diaryl/α,β-unsaturated/α-hetero) is 1. The lowest BCUT2D eigenvalue weighted by molar-refractivity contribution is -0.122. The van der Waals surface area contributed by atoms with Crippen molar-refractivity contribution in [2.45, 2.75) is 6.04 Å². The zero-order valence-electron chi connectivity index (χ0n) is 11.0. The Morgan fingerprint density at radius 1 is 1.14 bits per heavy atom. The summed E-state index contributed by atoms with van der Waals surface area (Å²) in [6.45, 7) is 0. The van der Waals surface area contributed by atoms with Gasteiger partial charge in [0.15, 0.2) is 5.78 Å². The number of carbonyl (C=O) groups excluding carboxylic acids is 2. The second-order valence-electron chi connectivity index (χ2n) is 4.87. The van der Waals surface area contributed by atoms with Gasteiger partial charge in [-0.1, -0.05) is 24.3 Å². The van der Waals surface area contributed by atoms with Crippen molar-refractivity contribution >= 4 is 17.4 Å². The average Bonchev–Trinajstić information content (AvgIpc) is 2.50. The molecule has 0 aromatic heterocycles. The monoisotopic (exact) mass is 284 g/mol. The minimum absolute atomic E-state index is 0.0699. The van der Waals surface area contributed by atoms with Gasteiger partial charge in [-0.25, -0.2) is 4.39 Å². The molecule has 0 fully saturated rings. The highest BCUT2D eigenvalue weighted by atomic mass is 19.1. The maximum Gasteiger partial charge on any atom is 0.260 e. The molecule has 1 heterocycles. The van der Waals surface area contributed by atoms with Crippen LogP contribution in [0.3, 0.4) is 0 Å². The summed E-state index contributed by atoms with van der Waals surface area (Å²) < 4.78 is 12.8. The van der Waals surface area contributed by atoms with E-state index in [0.717, 1.165) is 0 Å². The number of hydrogen-bond donors (Lipinski definition) is 2. The van der Waals surface area contributed by atoms with Gasteiger partial charge < -0.3 is 10.6 Å². The van der Waals surface area contributed by atoms with Gasteiger partial charge >= 0.3 is 0 Å². The molecule has 1 aliphatic heterocycles. The minimum Gasteiger partial charge on any atom is -0.383 e. The van der Waals surface area contributed by atoms with Crippen LogP contribution in [0.15, 0.2) is 60.3 Å². The normalized spacial score (nSPS) is 23.1. The first-order valence-electron chi connectivity index (χ1n) is 6.57. The lowest BCUT2D eigenvalue weighted by atomic mass is 9.85. The summed E-state index contributed by atoms with van der Waals surface area (Å²) in [7, 11) is 0. The van der Waals surface area contributed by atoms with Crippen molar-refractivity contribution in [1.29, 1.82) is 0 Å². The molecule has 0 radical (unpaired) electrons. The maximum absolute atomic E-state index is 12.8. The molecule has 21 heavy (non-hydrogen) atoms. The van der Waals surface area contributed by atoms with Crippen molar-refractivity contribution in [3.05, 3.63) is 66.2 Å². The fourth-order valence-electron chi connectivity index (χ4n) is 2.36. The van der Waals surface area contributed by atoms with Crippen molar-refractivity contribution in [2.75, 3.05) is 5.32 Å². The van der Waals surface area contributed by atoms with Crippen molar-refractivity contribution in [1.82, 2.24) is 5.32 Å². The second kappa shape index (κ2) is 5.36. The molecule has 4 nitrogen and oxygen atoms in total. The Kier molecular flexibility index (Phi) is 3.39. The molecule has 2 unspecified atom stereocenters. The van der Waals surface area contributed by atoms with E-state index in [1.165, 1.54) is 30.5 Å². The molecule has 2 N–H and O–H groups in total. The van der Waals surface area contributed by atoms with Crippen molar-refractivity contribution in [2.24, 2.45) is 5.92 Å². The first kappa shape index (κ1) is 13.3. The summed E-state index contributed by atoms with van der Waals surface area (Å²) in [6.07, 6.45) is 8.75. The minimum atomic E-state index is -0.500. The van der Waals surface area contributed by atoms with Gasteiger partial charge in [-0.2, -0.15) is 0 Å². The molecule has 0 saturated heterocycles. The molecule has 1 aliphatic carbocycles. The van der Waals surface area contributed by atoms with E-state index >= 15 is 0 Å². The zero-order chi connectivity index (χ0) is 14.8. The van der Waals surface area contributed by atoms with Crippen LogP contribution in [0.4, 0.5) is 10.1 Å². The fourth-order valence-corrected chi connectivity index (χ4v) is 2.36. The molecule has 2 aliphatic rings. The highest BCUT2D eigenvalue weighted by Gasteiger charge is 2.34. The van der Waals surface area contributed by atoms with Gasteiger partial charge in [0.1, 0.15) is 5.82 Å². The summed E-state index contributed by atoms with van der Waals surface area (Å²) in [5.41, 5.74) is 0.511. The number of carbonyl (C=O) groups is 2. The highest BCUT2D eigenvalue weighted by molar-refractivity contribution is 6.25. The molecule has 1 aromatic rings. The van der Waals surface area contributed by atoms with E-state index in [4.69, 9.17) is 0 Å². The highest BCUT2D eigenvalue weighted by Crippen LogP contribution is 2.22. The SMILES string of the molecule is O=C(Nc1ccc(F)cc1)C1=CNC2C=CC=CC2C1=O. The molecule has 2 atom stereocenters. The number of benzene rings is 1. The van der Waals surface area contributed by atoms with Gasteiger partial charge in [0.05, 0.1) is 17.5 Å². The van der Waals surface area contributed by atoms with Gasteiger partial charge in [-0.15, -0.1) is 0 Å². The van der Waals surface area contributed by atoms with Crippen LogP contribution in [0.25, 0.3) is 0 Å². The summed E-state index contributed by atoms with van der Waals surface area (Å²) in [4.78, 5) is 24.5. The van der Waals surface area contributed by atoms with Crippen LogP contribution in [0.1, 0.15) is 0 Å². The lowest BCUT2D eigenvalue weighted by Gasteiger charge is -2.28. The third-order valence-electron chi connectivity index (χ3n) is 3.47. The Labute approximate surface area is 121 Å². The molecule has 0 spiro atoms. The third kappa shape index (κ3) is 2.63. The molecule has 0 bridgehead atoms. The standard InChI is InChI=1S/C16H13FN2O2/c17-10-5-7-11(8-6-10)19-16(21)13-9-18-14-4-2-1-3-12(14)15(13)20/h1-9,12,14,18H,(H,19,21). The number of allylic oxidation sites excluding steroid dienone is 2. The van der Waals surface area contributed by atoms with Gasteiger partial charge in [0.25, 0.3) is 5.91 Å². The Hall–Kier alpha value is -2.69. The molecule has 106 valence electrons. The van der Waals surface area contributed by atoms with Crippen molar-refractivity contribution in [3.8, 4) is 0 Å². The van der Waals surface area contributed by atoms with Gasteiger partial charge in [-0.3, -0.25) is 9.59 Å². The average molecular weight is 284 g/mol. The van der Waals surface area contributed by atoms with Crippen LogP contribution in [0.5, 0.6) is 0 Å². The number of anilines is 1. The Bertz CT molecular complexity index is 674. The molecule has 3 rings (SSSR count). The molecule has 1 aromatic carbocycles. The Morgan fingerprint density at radius 3 is 2.62 bits per heavy atom. The first-order valence-corrected chi connectivity index (χ1v) is 6.57. The van der Waals surface area contributed by atoms with Crippen LogP contribution in [0, 0.1) is 11.7 Å². The van der Waals surface area contributed by atoms with Gasteiger partial charge in [-0.05, 0) is 24.3 Å². The van der Waals surface area contributed by atoms with Crippen LogP contribution in [-0.4, -0.2) is 17.7 Å². The predicted octanol–water partition coefficient (Wildman–Crippen LogP) is 1.93. The third-order valence-corrected chi connectivity index (χ3v) is 3.47. The Balaban J connectivity index is 1.77. The zero-order valence-corrected chi connectivity index (χ0v) is 11.0.